The summed E-state index contributed by atoms with van der Waals surface area (Å²) in [5, 5.41) is 6.59. The molecule has 0 radical (unpaired) electrons. The first-order valence-electron chi connectivity index (χ1n) is 4.42. The maximum atomic E-state index is 5.93. The van der Waals surface area contributed by atoms with Crippen molar-refractivity contribution in [2.45, 2.75) is 6.92 Å². The highest BCUT2D eigenvalue weighted by molar-refractivity contribution is 6.38. The van der Waals surface area contributed by atoms with Crippen LogP contribution in [0.15, 0.2) is 4.99 Å². The van der Waals surface area contributed by atoms with Gasteiger partial charge in [0.2, 0.25) is 0 Å². The molecule has 0 fully saturated rings. The molecule has 0 atom stereocenters. The van der Waals surface area contributed by atoms with Crippen LogP contribution in [0.2, 0.25) is 10.3 Å². The molecule has 5 nitrogen and oxygen atoms in total. The molecule has 0 aromatic carbocycles. The topological polar surface area (TPSA) is 62.2 Å². The van der Waals surface area contributed by atoms with Gasteiger partial charge < -0.3 is 10.6 Å². The molecule has 2 rings (SSSR count). The third-order valence-electron chi connectivity index (χ3n) is 1.85. The molecule has 1 aromatic rings. The van der Waals surface area contributed by atoms with Gasteiger partial charge in [0.25, 0.3) is 0 Å². The van der Waals surface area contributed by atoms with Gasteiger partial charge in [-0.25, -0.2) is 9.97 Å². The van der Waals surface area contributed by atoms with E-state index < -0.39 is 0 Å². The van der Waals surface area contributed by atoms with Gasteiger partial charge in [-0.05, 0) is 6.92 Å². The zero-order valence-corrected chi connectivity index (χ0v) is 9.52. The molecule has 0 unspecified atom stereocenters. The summed E-state index contributed by atoms with van der Waals surface area (Å²) < 4.78 is 0. The van der Waals surface area contributed by atoms with Crippen LogP contribution >= 0.6 is 23.2 Å². The quantitative estimate of drug-likeness (QED) is 0.736. The normalized spacial score (nSPS) is 14.7. The number of aryl methyl sites for hydroxylation is 1. The smallest absolute Gasteiger partial charge is 0.196 e. The number of rotatable bonds is 1. The fraction of sp³-hybridized carbons (Fsp3) is 0.375. The Hall–Kier alpha value is -1.07. The second-order valence-corrected chi connectivity index (χ2v) is 3.73. The maximum Gasteiger partial charge on any atom is 0.196 e. The number of aliphatic imine (C=N–C) groups is 1. The van der Waals surface area contributed by atoms with Crippen LogP contribution in [-0.4, -0.2) is 29.0 Å². The second-order valence-electron chi connectivity index (χ2n) is 3.01. The molecule has 7 heteroatoms. The fourth-order valence-electron chi connectivity index (χ4n) is 1.21. The van der Waals surface area contributed by atoms with Gasteiger partial charge in [-0.3, -0.25) is 4.99 Å². The molecule has 1 aliphatic rings. The van der Waals surface area contributed by atoms with Crippen LogP contribution < -0.4 is 10.6 Å². The maximum absolute atomic E-state index is 5.93. The van der Waals surface area contributed by atoms with Crippen molar-refractivity contribution >= 4 is 34.8 Å². The highest BCUT2D eigenvalue weighted by atomic mass is 35.5. The number of nitrogens with zero attached hydrogens (tertiary/aromatic N) is 3. The zero-order chi connectivity index (χ0) is 10.8. The van der Waals surface area contributed by atoms with E-state index in [0.717, 1.165) is 13.1 Å². The summed E-state index contributed by atoms with van der Waals surface area (Å²) in [4.78, 5) is 12.2. The second kappa shape index (κ2) is 4.20. The van der Waals surface area contributed by atoms with E-state index in [-0.39, 0.29) is 0 Å². The Bertz CT molecular complexity index is 394. The first kappa shape index (κ1) is 10.4. The molecule has 0 spiro atoms. The van der Waals surface area contributed by atoms with Crippen LogP contribution in [0.3, 0.4) is 0 Å². The van der Waals surface area contributed by atoms with E-state index in [1.165, 1.54) is 0 Å². The molecule has 1 aromatic heterocycles. The lowest BCUT2D eigenvalue weighted by molar-refractivity contribution is 0.958. The van der Waals surface area contributed by atoms with Gasteiger partial charge in [-0.2, -0.15) is 0 Å². The van der Waals surface area contributed by atoms with Crippen LogP contribution in [0.25, 0.3) is 0 Å². The molecule has 0 saturated heterocycles. The summed E-state index contributed by atoms with van der Waals surface area (Å²) in [6.45, 7) is 3.28. The number of hydrogen-bond acceptors (Lipinski definition) is 5. The highest BCUT2D eigenvalue weighted by Gasteiger charge is 2.13. The van der Waals surface area contributed by atoms with E-state index in [1.807, 2.05) is 0 Å². The lowest BCUT2D eigenvalue weighted by atomic mass is 10.5. The number of guanidine groups is 1. The number of hydrogen-bond donors (Lipinski definition) is 2. The number of nitrogens with one attached hydrogen (secondary N) is 2. The Kier molecular flexibility index (Phi) is 2.93. The summed E-state index contributed by atoms with van der Waals surface area (Å²) in [5.74, 6) is 1.18. The third kappa shape index (κ3) is 2.30. The van der Waals surface area contributed by atoms with Crippen molar-refractivity contribution in [3.05, 3.63) is 16.1 Å². The van der Waals surface area contributed by atoms with Crippen molar-refractivity contribution in [2.24, 2.45) is 4.99 Å². The first-order chi connectivity index (χ1) is 7.16. The average molecular weight is 246 g/mol. The summed E-state index contributed by atoms with van der Waals surface area (Å²) in [6, 6.07) is 0. The predicted octanol–water partition coefficient (Wildman–Crippen LogP) is 1.46. The number of aromatic nitrogens is 2. The molecular weight excluding hydrogens is 237 g/mol. The van der Waals surface area contributed by atoms with E-state index in [1.54, 1.807) is 6.92 Å². The van der Waals surface area contributed by atoms with Crippen LogP contribution in [0.1, 0.15) is 5.82 Å². The van der Waals surface area contributed by atoms with Crippen molar-refractivity contribution in [3.63, 3.8) is 0 Å². The molecule has 1 aliphatic heterocycles. The number of halogens is 2. The van der Waals surface area contributed by atoms with Gasteiger partial charge >= 0.3 is 0 Å². The fourth-order valence-corrected chi connectivity index (χ4v) is 1.78. The molecule has 0 saturated carbocycles. The van der Waals surface area contributed by atoms with Crippen molar-refractivity contribution < 1.29 is 0 Å². The Morgan fingerprint density at radius 2 is 1.93 bits per heavy atom. The Morgan fingerprint density at radius 3 is 2.47 bits per heavy atom. The summed E-state index contributed by atoms with van der Waals surface area (Å²) in [5.41, 5.74) is 0.483. The summed E-state index contributed by atoms with van der Waals surface area (Å²) in [7, 11) is 0. The summed E-state index contributed by atoms with van der Waals surface area (Å²) >= 11 is 11.9. The Labute approximate surface area is 96.9 Å². The van der Waals surface area contributed by atoms with Gasteiger partial charge in [0.05, 0.1) is 6.54 Å². The number of anilines is 1. The van der Waals surface area contributed by atoms with Crippen LogP contribution in [0, 0.1) is 6.92 Å². The van der Waals surface area contributed by atoms with Gasteiger partial charge in [0.1, 0.15) is 11.5 Å². The molecule has 15 heavy (non-hydrogen) atoms. The molecule has 0 amide bonds. The van der Waals surface area contributed by atoms with Gasteiger partial charge in [0.15, 0.2) is 16.3 Å². The molecule has 2 heterocycles. The SMILES string of the molecule is Cc1nc(Cl)c(NC2=NCCN2)c(Cl)n1. The van der Waals surface area contributed by atoms with E-state index >= 15 is 0 Å². The summed E-state index contributed by atoms with van der Waals surface area (Å²) in [6.07, 6.45) is 0. The largest absolute Gasteiger partial charge is 0.354 e. The van der Waals surface area contributed by atoms with Crippen molar-refractivity contribution in [3.8, 4) is 0 Å². The van der Waals surface area contributed by atoms with E-state index in [4.69, 9.17) is 23.2 Å². The van der Waals surface area contributed by atoms with Crippen LogP contribution in [0.5, 0.6) is 0 Å². The van der Waals surface area contributed by atoms with Crippen LogP contribution in [0.4, 0.5) is 5.69 Å². The molecular formula is C8H9Cl2N5. The average Bonchev–Trinajstić information content (AvgIpc) is 2.63. The van der Waals surface area contributed by atoms with Crippen LogP contribution in [-0.2, 0) is 0 Å². The Morgan fingerprint density at radius 1 is 1.27 bits per heavy atom. The monoisotopic (exact) mass is 245 g/mol. The third-order valence-corrected chi connectivity index (χ3v) is 2.40. The van der Waals surface area contributed by atoms with E-state index in [9.17, 15) is 0 Å². The zero-order valence-electron chi connectivity index (χ0n) is 8.01. The molecule has 2 N–H and O–H groups in total. The lowest BCUT2D eigenvalue weighted by Gasteiger charge is -2.09. The van der Waals surface area contributed by atoms with Crippen molar-refractivity contribution in [1.29, 1.82) is 0 Å². The molecule has 0 aliphatic carbocycles. The van der Waals surface area contributed by atoms with E-state index in [0.29, 0.717) is 27.8 Å². The standard InChI is InChI=1S/C8H9Cl2N5/c1-4-13-6(9)5(7(10)14-4)15-8-11-2-3-12-8/h2-3H2,1H3,(H2,11,12,15). The molecule has 0 bridgehead atoms. The minimum absolute atomic E-state index is 0.295. The van der Waals surface area contributed by atoms with Gasteiger partial charge in [0, 0.05) is 6.54 Å². The first-order valence-corrected chi connectivity index (χ1v) is 5.17. The van der Waals surface area contributed by atoms with E-state index in [2.05, 4.69) is 25.6 Å². The lowest BCUT2D eigenvalue weighted by Crippen LogP contribution is -2.26. The van der Waals surface area contributed by atoms with Crippen molar-refractivity contribution in [2.75, 3.05) is 18.4 Å². The van der Waals surface area contributed by atoms with Crippen molar-refractivity contribution in [1.82, 2.24) is 15.3 Å². The predicted molar refractivity (Wildman–Crippen MR) is 60.7 cm³/mol. The Balaban J connectivity index is 2.27. The minimum atomic E-state index is 0.295. The van der Waals surface area contributed by atoms with Gasteiger partial charge in [-0.1, -0.05) is 23.2 Å². The molecule has 80 valence electrons. The van der Waals surface area contributed by atoms with Gasteiger partial charge in [-0.15, -0.1) is 0 Å². The highest BCUT2D eigenvalue weighted by Crippen LogP contribution is 2.26. The minimum Gasteiger partial charge on any atom is -0.354 e.